The average molecular weight is 879 g/mol. The third-order valence-corrected chi connectivity index (χ3v) is 14.2. The van der Waals surface area contributed by atoms with Gasteiger partial charge in [0.1, 0.15) is 11.2 Å². The maximum absolute atomic E-state index is 6.64. The predicted molar refractivity (Wildman–Crippen MR) is 292 cm³/mol. The standard InChI is InChI=1S/C66H42N2O/c1-4-21-55-44(14-1)34-39-60-65-54(26-13-29-64(65)69-66(55)60)47-17-12-18-51(41-47)67(50-37-32-45(33-38-50)61-42-48-15-2-3-20-53(48)56-22-5-6-23-57(56)61)49-35-30-43(31-36-49)46-16-11-19-52(40-46)68-62-27-9-7-24-58(62)59-25-8-10-28-63(59)68/h1-42H. The molecule has 0 amide bonds. The zero-order valence-corrected chi connectivity index (χ0v) is 37.6. The Morgan fingerprint density at radius 1 is 0.304 bits per heavy atom. The number of rotatable bonds is 7. The van der Waals surface area contributed by atoms with E-state index in [9.17, 15) is 0 Å². The van der Waals surface area contributed by atoms with Crippen LogP contribution < -0.4 is 4.90 Å². The number of aromatic nitrogens is 1. The average Bonchev–Trinajstić information content (AvgIpc) is 3.98. The van der Waals surface area contributed by atoms with E-state index in [2.05, 4.69) is 264 Å². The third kappa shape index (κ3) is 6.36. The lowest BCUT2D eigenvalue weighted by molar-refractivity contribution is 0.673. The maximum Gasteiger partial charge on any atom is 0.143 e. The molecule has 12 aromatic carbocycles. The lowest BCUT2D eigenvalue weighted by Gasteiger charge is -2.26. The summed E-state index contributed by atoms with van der Waals surface area (Å²) in [5.74, 6) is 0. The minimum absolute atomic E-state index is 0.885. The zero-order chi connectivity index (χ0) is 45.4. The molecule has 0 radical (unpaired) electrons. The van der Waals surface area contributed by atoms with E-state index in [0.717, 1.165) is 72.3 Å². The molecule has 14 rings (SSSR count). The van der Waals surface area contributed by atoms with Crippen molar-refractivity contribution in [3.8, 4) is 39.1 Å². The fourth-order valence-corrected chi connectivity index (χ4v) is 11.0. The lowest BCUT2D eigenvalue weighted by atomic mass is 9.93. The molecule has 0 aliphatic carbocycles. The van der Waals surface area contributed by atoms with Gasteiger partial charge in [-0.15, -0.1) is 0 Å². The second-order valence-electron chi connectivity index (χ2n) is 18.0. The Balaban J connectivity index is 0.894. The first kappa shape index (κ1) is 39.0. The van der Waals surface area contributed by atoms with Crippen molar-refractivity contribution in [1.29, 1.82) is 0 Å². The van der Waals surface area contributed by atoms with Crippen LogP contribution in [-0.2, 0) is 0 Å². The molecule has 3 nitrogen and oxygen atoms in total. The smallest absolute Gasteiger partial charge is 0.143 e. The van der Waals surface area contributed by atoms with E-state index in [4.69, 9.17) is 4.42 Å². The first-order valence-electron chi connectivity index (χ1n) is 23.7. The van der Waals surface area contributed by atoms with Gasteiger partial charge in [-0.3, -0.25) is 0 Å². The van der Waals surface area contributed by atoms with Gasteiger partial charge in [-0.2, -0.15) is 0 Å². The summed E-state index contributed by atoms with van der Waals surface area (Å²) in [5.41, 5.74) is 15.5. The minimum Gasteiger partial charge on any atom is -0.455 e. The van der Waals surface area contributed by atoms with Crippen LogP contribution in [-0.4, -0.2) is 4.57 Å². The molecule has 0 aliphatic heterocycles. The summed E-state index contributed by atoms with van der Waals surface area (Å²) in [6, 6.07) is 92.5. The molecule has 3 heteroatoms. The molecule has 0 N–H and O–H groups in total. The fourth-order valence-electron chi connectivity index (χ4n) is 11.0. The van der Waals surface area contributed by atoms with Crippen LogP contribution >= 0.6 is 0 Å². The van der Waals surface area contributed by atoms with Crippen molar-refractivity contribution in [3.05, 3.63) is 255 Å². The highest BCUT2D eigenvalue weighted by Crippen LogP contribution is 2.44. The number of nitrogens with zero attached hydrogens (tertiary/aromatic N) is 2. The van der Waals surface area contributed by atoms with Crippen LogP contribution in [0.3, 0.4) is 0 Å². The van der Waals surface area contributed by atoms with E-state index in [-0.39, 0.29) is 0 Å². The number of hydrogen-bond acceptors (Lipinski definition) is 2. The van der Waals surface area contributed by atoms with Crippen LogP contribution in [0, 0.1) is 0 Å². The highest BCUT2D eigenvalue weighted by Gasteiger charge is 2.19. The fraction of sp³-hybridized carbons (Fsp3) is 0. The molecule has 2 heterocycles. The van der Waals surface area contributed by atoms with Crippen molar-refractivity contribution in [1.82, 2.24) is 4.57 Å². The van der Waals surface area contributed by atoms with Gasteiger partial charge in [-0.1, -0.05) is 176 Å². The third-order valence-electron chi connectivity index (χ3n) is 14.2. The molecule has 69 heavy (non-hydrogen) atoms. The molecule has 0 unspecified atom stereocenters. The Labute approximate surface area is 399 Å². The van der Waals surface area contributed by atoms with Crippen LogP contribution in [0.25, 0.3) is 115 Å². The van der Waals surface area contributed by atoms with E-state index in [1.54, 1.807) is 0 Å². The van der Waals surface area contributed by atoms with E-state index < -0.39 is 0 Å². The SMILES string of the molecule is c1cc(-c2cccc3oc4c5ccccc5ccc4c23)cc(N(c2ccc(-c3cccc(-n4c5ccccc5c5ccccc54)c3)cc2)c2ccc(-c3cc4ccccc4c4ccccc34)cc2)c1. The van der Waals surface area contributed by atoms with E-state index in [1.807, 2.05) is 0 Å². The second-order valence-corrected chi connectivity index (χ2v) is 18.0. The van der Waals surface area contributed by atoms with Gasteiger partial charge in [-0.25, -0.2) is 0 Å². The predicted octanol–water partition coefficient (Wildman–Crippen LogP) is 18.6. The summed E-state index contributed by atoms with van der Waals surface area (Å²) in [7, 11) is 0. The first-order valence-corrected chi connectivity index (χ1v) is 23.7. The molecule has 0 aliphatic rings. The van der Waals surface area contributed by atoms with Crippen molar-refractivity contribution in [2.24, 2.45) is 0 Å². The Kier molecular flexibility index (Phi) is 8.90. The van der Waals surface area contributed by atoms with Crippen molar-refractivity contribution >= 4 is 93.1 Å². The summed E-state index contributed by atoms with van der Waals surface area (Å²) in [4.78, 5) is 2.38. The highest BCUT2D eigenvalue weighted by molar-refractivity contribution is 6.19. The van der Waals surface area contributed by atoms with Gasteiger partial charge < -0.3 is 13.9 Å². The maximum atomic E-state index is 6.64. The van der Waals surface area contributed by atoms with Crippen LogP contribution in [0.2, 0.25) is 0 Å². The largest absolute Gasteiger partial charge is 0.455 e. The number of anilines is 3. The van der Waals surface area contributed by atoms with E-state index in [1.165, 1.54) is 59.9 Å². The Hall–Kier alpha value is -9.18. The second kappa shape index (κ2) is 15.7. The summed E-state index contributed by atoms with van der Waals surface area (Å²) >= 11 is 0. The number of furan rings is 1. The number of benzene rings is 12. The van der Waals surface area contributed by atoms with Gasteiger partial charge in [0.15, 0.2) is 0 Å². The molecule has 0 saturated carbocycles. The Morgan fingerprint density at radius 2 is 0.899 bits per heavy atom. The molecule has 0 fully saturated rings. The van der Waals surface area contributed by atoms with Gasteiger partial charge in [0, 0.05) is 49.7 Å². The summed E-state index contributed by atoms with van der Waals surface area (Å²) < 4.78 is 9.03. The first-order chi connectivity index (χ1) is 34.2. The minimum atomic E-state index is 0.885. The van der Waals surface area contributed by atoms with Crippen LogP contribution in [0.1, 0.15) is 0 Å². The quantitative estimate of drug-likeness (QED) is 0.149. The number of fused-ring (bicyclic) bond motifs is 11. The summed E-state index contributed by atoms with van der Waals surface area (Å²) in [6.07, 6.45) is 0. The van der Waals surface area contributed by atoms with Crippen molar-refractivity contribution < 1.29 is 4.42 Å². The van der Waals surface area contributed by atoms with Gasteiger partial charge in [0.05, 0.1) is 11.0 Å². The number of hydrogen-bond donors (Lipinski definition) is 0. The summed E-state index contributed by atoms with van der Waals surface area (Å²) in [5, 5.41) is 12.1. The van der Waals surface area contributed by atoms with Gasteiger partial charge in [0.25, 0.3) is 0 Å². The van der Waals surface area contributed by atoms with Crippen molar-refractivity contribution in [2.45, 2.75) is 0 Å². The summed E-state index contributed by atoms with van der Waals surface area (Å²) in [6.45, 7) is 0. The van der Waals surface area contributed by atoms with Crippen LogP contribution in [0.5, 0.6) is 0 Å². The normalized spacial score (nSPS) is 11.8. The van der Waals surface area contributed by atoms with Crippen molar-refractivity contribution in [2.75, 3.05) is 4.90 Å². The number of para-hydroxylation sites is 2. The molecule has 0 atom stereocenters. The van der Waals surface area contributed by atoms with Crippen LogP contribution in [0.15, 0.2) is 259 Å². The molecule has 322 valence electrons. The Bertz CT molecular complexity index is 4260. The van der Waals surface area contributed by atoms with Gasteiger partial charge >= 0.3 is 0 Å². The van der Waals surface area contributed by atoms with E-state index >= 15 is 0 Å². The van der Waals surface area contributed by atoms with Crippen molar-refractivity contribution in [3.63, 3.8) is 0 Å². The molecular formula is C66H42N2O. The monoisotopic (exact) mass is 878 g/mol. The van der Waals surface area contributed by atoms with Gasteiger partial charge in [-0.05, 0) is 139 Å². The molecule has 0 saturated heterocycles. The Morgan fingerprint density at radius 3 is 1.65 bits per heavy atom. The molecule has 0 bridgehead atoms. The molecule has 2 aromatic heterocycles. The van der Waals surface area contributed by atoms with Gasteiger partial charge in [0.2, 0.25) is 0 Å². The molecule has 0 spiro atoms. The topological polar surface area (TPSA) is 21.3 Å². The molecule has 14 aromatic rings. The zero-order valence-electron chi connectivity index (χ0n) is 37.6. The highest BCUT2D eigenvalue weighted by atomic mass is 16.3. The van der Waals surface area contributed by atoms with Crippen LogP contribution in [0.4, 0.5) is 17.1 Å². The lowest BCUT2D eigenvalue weighted by Crippen LogP contribution is -2.10. The van der Waals surface area contributed by atoms with E-state index in [0.29, 0.717) is 0 Å². The molecular weight excluding hydrogens is 837 g/mol.